The van der Waals surface area contributed by atoms with Crippen molar-refractivity contribution in [1.82, 2.24) is 20.6 Å². The molecule has 10 heteroatoms. The number of alkyl halides is 3. The van der Waals surface area contributed by atoms with Gasteiger partial charge in [-0.1, -0.05) is 36.8 Å². The van der Waals surface area contributed by atoms with Crippen LogP contribution < -0.4 is 10.6 Å². The van der Waals surface area contributed by atoms with E-state index >= 15 is 4.39 Å². The largest absolute Gasteiger partial charge is 0.469 e. The Bertz CT molecular complexity index is 1020. The molecule has 0 amide bonds. The fourth-order valence-electron chi connectivity index (χ4n) is 4.38. The average molecular weight is 461 g/mol. The monoisotopic (exact) mass is 461 g/mol. The standard InChI is InChI=1S/C23H26F3N5O2/c24-20(25)18-10-28-23(26,31-22(18)33-17-12-32-13-17)30-16-8-4-7-15(9-16)21-27-11-19(29-21)14-5-2-1-3-6-14/h1-3,5-6,10-11,15-17,20,28,30H,4,7-9,12-13H2,(H,27,29)/t15-,16+,23?/m0/s1. The van der Waals surface area contributed by atoms with Gasteiger partial charge in [-0.3, -0.25) is 0 Å². The number of hydrogen-bond acceptors (Lipinski definition) is 6. The Morgan fingerprint density at radius 3 is 2.73 bits per heavy atom. The third kappa shape index (κ3) is 4.91. The minimum atomic E-state index is -2.83. The van der Waals surface area contributed by atoms with E-state index in [1.54, 1.807) is 0 Å². The van der Waals surface area contributed by atoms with Crippen LogP contribution in [0.15, 0.2) is 53.3 Å². The number of aromatic amines is 1. The van der Waals surface area contributed by atoms with Gasteiger partial charge in [-0.25, -0.2) is 19.1 Å². The van der Waals surface area contributed by atoms with Gasteiger partial charge < -0.3 is 19.8 Å². The van der Waals surface area contributed by atoms with Crippen LogP contribution in [0, 0.1) is 0 Å². The van der Waals surface area contributed by atoms with E-state index < -0.39 is 30.0 Å². The van der Waals surface area contributed by atoms with Crippen LogP contribution in [0.2, 0.25) is 0 Å². The van der Waals surface area contributed by atoms with Gasteiger partial charge in [-0.15, -0.1) is 0 Å². The lowest BCUT2D eigenvalue weighted by Gasteiger charge is -2.36. The number of nitrogens with one attached hydrogen (secondary N) is 3. The number of aromatic nitrogens is 2. The van der Waals surface area contributed by atoms with Crippen LogP contribution in [0.4, 0.5) is 13.2 Å². The molecule has 0 bridgehead atoms. The molecule has 0 spiro atoms. The number of aliphatic imine (C=N–C) groups is 1. The first kappa shape index (κ1) is 22.0. The van der Waals surface area contributed by atoms with Gasteiger partial charge in [-0.05, 0) is 24.8 Å². The van der Waals surface area contributed by atoms with Crippen LogP contribution in [0.1, 0.15) is 37.4 Å². The highest BCUT2D eigenvalue weighted by atomic mass is 19.3. The molecule has 2 fully saturated rings. The summed E-state index contributed by atoms with van der Waals surface area (Å²) in [5.74, 6) is 0.597. The lowest BCUT2D eigenvalue weighted by atomic mass is 9.85. The molecule has 1 aromatic carbocycles. The van der Waals surface area contributed by atoms with Crippen molar-refractivity contribution in [2.45, 2.75) is 56.2 Å². The topological polar surface area (TPSA) is 83.6 Å². The van der Waals surface area contributed by atoms with Crippen LogP contribution in [0.25, 0.3) is 11.3 Å². The normalized spacial score (nSPS) is 28.0. The molecule has 1 unspecified atom stereocenters. The molecular formula is C23H26F3N5O2. The van der Waals surface area contributed by atoms with Gasteiger partial charge in [0.05, 0.1) is 30.7 Å². The Morgan fingerprint density at radius 1 is 1.18 bits per heavy atom. The van der Waals surface area contributed by atoms with Crippen LogP contribution in [-0.4, -0.2) is 53.7 Å². The molecule has 2 aliphatic heterocycles. The van der Waals surface area contributed by atoms with E-state index in [1.807, 2.05) is 36.5 Å². The fourth-order valence-corrected chi connectivity index (χ4v) is 4.38. The molecule has 2 aromatic rings. The van der Waals surface area contributed by atoms with Crippen LogP contribution in [0.5, 0.6) is 0 Å². The molecule has 7 nitrogen and oxygen atoms in total. The van der Waals surface area contributed by atoms with Crippen molar-refractivity contribution in [1.29, 1.82) is 0 Å². The summed E-state index contributed by atoms with van der Waals surface area (Å²) in [6.07, 6.45) is 2.72. The van der Waals surface area contributed by atoms with Gasteiger partial charge in [0.2, 0.25) is 5.90 Å². The van der Waals surface area contributed by atoms with Crippen molar-refractivity contribution in [3.8, 4) is 11.3 Å². The molecule has 3 aliphatic rings. The highest BCUT2D eigenvalue weighted by Gasteiger charge is 2.40. The molecule has 1 saturated heterocycles. The van der Waals surface area contributed by atoms with Crippen LogP contribution >= 0.6 is 0 Å². The second-order valence-corrected chi connectivity index (χ2v) is 8.61. The smallest absolute Gasteiger partial charge is 0.340 e. The maximum Gasteiger partial charge on any atom is 0.340 e. The zero-order valence-electron chi connectivity index (χ0n) is 17.9. The molecule has 3 heterocycles. The van der Waals surface area contributed by atoms with Gasteiger partial charge in [0.1, 0.15) is 11.9 Å². The SMILES string of the molecule is FC(F)C1=CNC(F)(N[C@@H]2CCC[C@H](c3ncc(-c4ccccc4)[nH]3)C2)N=C1OC1COC1. The second kappa shape index (κ2) is 9.18. The molecule has 3 atom stereocenters. The van der Waals surface area contributed by atoms with E-state index in [9.17, 15) is 8.78 Å². The zero-order valence-corrected chi connectivity index (χ0v) is 17.9. The quantitative estimate of drug-likeness (QED) is 0.570. The first-order valence-electron chi connectivity index (χ1n) is 11.2. The van der Waals surface area contributed by atoms with Crippen LogP contribution in [0.3, 0.4) is 0 Å². The number of hydrogen-bond donors (Lipinski definition) is 3. The van der Waals surface area contributed by atoms with Crippen molar-refractivity contribution < 1.29 is 22.6 Å². The average Bonchev–Trinajstić information content (AvgIpc) is 3.27. The second-order valence-electron chi connectivity index (χ2n) is 8.61. The number of rotatable bonds is 6. The number of nitrogens with zero attached hydrogens (tertiary/aromatic N) is 2. The van der Waals surface area contributed by atoms with Gasteiger partial charge >= 0.3 is 6.04 Å². The van der Waals surface area contributed by atoms with E-state index in [0.717, 1.165) is 42.5 Å². The Hall–Kier alpha value is -2.85. The number of imidazole rings is 1. The van der Waals surface area contributed by atoms with E-state index in [4.69, 9.17) is 9.47 Å². The summed E-state index contributed by atoms with van der Waals surface area (Å²) < 4.78 is 52.7. The first-order valence-corrected chi connectivity index (χ1v) is 11.2. The van der Waals surface area contributed by atoms with Gasteiger partial charge in [-0.2, -0.15) is 9.38 Å². The van der Waals surface area contributed by atoms with Crippen molar-refractivity contribution in [3.05, 3.63) is 54.1 Å². The number of benzene rings is 1. The minimum absolute atomic E-state index is 0.125. The molecule has 1 aromatic heterocycles. The summed E-state index contributed by atoms with van der Waals surface area (Å²) in [6.45, 7) is 0.544. The lowest BCUT2D eigenvalue weighted by Crippen LogP contribution is -2.57. The van der Waals surface area contributed by atoms with Gasteiger partial charge in [0.25, 0.3) is 6.43 Å². The fraction of sp³-hybridized carbons (Fsp3) is 0.478. The number of H-pyrrole nitrogens is 1. The predicted molar refractivity (Wildman–Crippen MR) is 116 cm³/mol. The van der Waals surface area contributed by atoms with Gasteiger partial charge in [0.15, 0.2) is 0 Å². The lowest BCUT2D eigenvalue weighted by molar-refractivity contribution is -0.0878. The predicted octanol–water partition coefficient (Wildman–Crippen LogP) is 3.84. The van der Waals surface area contributed by atoms with Crippen LogP contribution in [-0.2, 0) is 9.47 Å². The molecule has 0 radical (unpaired) electrons. The Labute approximate surface area is 189 Å². The molecular weight excluding hydrogens is 435 g/mol. The third-order valence-electron chi connectivity index (χ3n) is 6.18. The Morgan fingerprint density at radius 2 is 2.00 bits per heavy atom. The molecule has 5 rings (SSSR count). The molecule has 1 aliphatic carbocycles. The third-order valence-corrected chi connectivity index (χ3v) is 6.18. The van der Waals surface area contributed by atoms with Crippen molar-refractivity contribution in [2.75, 3.05) is 13.2 Å². The molecule has 33 heavy (non-hydrogen) atoms. The summed E-state index contributed by atoms with van der Waals surface area (Å²) >= 11 is 0. The highest BCUT2D eigenvalue weighted by Crippen LogP contribution is 2.34. The maximum atomic E-state index is 15.5. The molecule has 176 valence electrons. The summed E-state index contributed by atoms with van der Waals surface area (Å²) in [4.78, 5) is 11.8. The summed E-state index contributed by atoms with van der Waals surface area (Å²) in [6, 6.07) is 7.28. The van der Waals surface area contributed by atoms with Gasteiger partial charge in [0, 0.05) is 18.2 Å². The van der Waals surface area contributed by atoms with Crippen molar-refractivity contribution in [3.63, 3.8) is 0 Å². The summed E-state index contributed by atoms with van der Waals surface area (Å²) in [5, 5.41) is 5.22. The van der Waals surface area contributed by atoms with Crippen molar-refractivity contribution in [2.24, 2.45) is 4.99 Å². The molecule has 1 saturated carbocycles. The van der Waals surface area contributed by atoms with E-state index in [-0.39, 0.29) is 25.2 Å². The van der Waals surface area contributed by atoms with E-state index in [0.29, 0.717) is 6.42 Å². The van der Waals surface area contributed by atoms with E-state index in [1.165, 1.54) is 0 Å². The number of halogens is 3. The number of ether oxygens (including phenoxy) is 2. The van der Waals surface area contributed by atoms with E-state index in [2.05, 4.69) is 25.6 Å². The maximum absolute atomic E-state index is 15.5. The van der Waals surface area contributed by atoms with Crippen molar-refractivity contribution >= 4 is 5.90 Å². The molecule has 3 N–H and O–H groups in total. The first-order chi connectivity index (χ1) is 16.0. The zero-order chi connectivity index (χ0) is 22.8. The summed E-state index contributed by atoms with van der Waals surface area (Å²) in [5.41, 5.74) is 1.52. The highest BCUT2D eigenvalue weighted by molar-refractivity contribution is 5.95. The Kier molecular flexibility index (Phi) is 6.11. The minimum Gasteiger partial charge on any atom is -0.469 e. The Balaban J connectivity index is 1.27. The summed E-state index contributed by atoms with van der Waals surface area (Å²) in [7, 11) is 0.